The van der Waals surface area contributed by atoms with E-state index in [1.54, 1.807) is 0 Å². The van der Waals surface area contributed by atoms with E-state index in [2.05, 4.69) is 15.6 Å². The highest BCUT2D eigenvalue weighted by atomic mass is 16.4. The lowest BCUT2D eigenvalue weighted by molar-refractivity contribution is 0.0696. The summed E-state index contributed by atoms with van der Waals surface area (Å²) in [5, 5.41) is 14.1. The Morgan fingerprint density at radius 1 is 1.37 bits per heavy atom. The van der Waals surface area contributed by atoms with Gasteiger partial charge in [0.25, 0.3) is 0 Å². The molecule has 0 unspecified atom stereocenters. The molecule has 0 radical (unpaired) electrons. The number of aromatic nitrogens is 1. The van der Waals surface area contributed by atoms with Crippen LogP contribution >= 0.6 is 0 Å². The Morgan fingerprint density at radius 3 is 2.79 bits per heavy atom. The number of aromatic carboxylic acids is 1. The first-order valence-electron chi connectivity index (χ1n) is 6.38. The van der Waals surface area contributed by atoms with Crippen molar-refractivity contribution in [1.82, 2.24) is 10.3 Å². The Bertz CT molecular complexity index is 472. The topological polar surface area (TPSA) is 91.3 Å². The maximum atomic E-state index is 11.6. The summed E-state index contributed by atoms with van der Waals surface area (Å²) in [5.74, 6) is -0.321. The Balaban J connectivity index is 1.77. The molecule has 2 amide bonds. The number of carbonyl (C=O) groups is 2. The second-order valence-electron chi connectivity index (χ2n) is 4.73. The van der Waals surface area contributed by atoms with E-state index in [1.807, 2.05) is 0 Å². The molecule has 0 aromatic carbocycles. The number of nitrogens with one attached hydrogen (secondary N) is 2. The minimum Gasteiger partial charge on any atom is -0.478 e. The summed E-state index contributed by atoms with van der Waals surface area (Å²) in [6.07, 6.45) is 7.47. The number of amides is 2. The van der Waals surface area contributed by atoms with Crippen molar-refractivity contribution in [2.45, 2.75) is 25.7 Å². The van der Waals surface area contributed by atoms with Crippen LogP contribution in [0.3, 0.4) is 0 Å². The number of nitrogens with zero attached hydrogens (tertiary/aromatic N) is 1. The van der Waals surface area contributed by atoms with Crippen LogP contribution in [0.25, 0.3) is 0 Å². The maximum Gasteiger partial charge on any atom is 0.337 e. The number of hydrogen-bond acceptors (Lipinski definition) is 3. The molecule has 1 aromatic rings. The smallest absolute Gasteiger partial charge is 0.337 e. The number of pyridine rings is 1. The van der Waals surface area contributed by atoms with E-state index in [0.717, 1.165) is 12.3 Å². The molecule has 6 heteroatoms. The van der Waals surface area contributed by atoms with E-state index in [1.165, 1.54) is 37.7 Å². The highest BCUT2D eigenvalue weighted by molar-refractivity contribution is 5.92. The number of carboxylic acids is 1. The summed E-state index contributed by atoms with van der Waals surface area (Å²) in [7, 11) is 0. The molecule has 0 spiro atoms. The van der Waals surface area contributed by atoms with E-state index in [9.17, 15) is 9.59 Å². The first-order valence-corrected chi connectivity index (χ1v) is 6.38. The fraction of sp³-hybridized carbons (Fsp3) is 0.462. The van der Waals surface area contributed by atoms with Crippen molar-refractivity contribution in [2.24, 2.45) is 5.92 Å². The third-order valence-corrected chi connectivity index (χ3v) is 3.31. The van der Waals surface area contributed by atoms with Gasteiger partial charge in [-0.2, -0.15) is 0 Å². The minimum absolute atomic E-state index is 0.0484. The molecule has 0 aliphatic heterocycles. The van der Waals surface area contributed by atoms with Gasteiger partial charge in [-0.3, -0.25) is 4.98 Å². The first-order chi connectivity index (χ1) is 9.15. The van der Waals surface area contributed by atoms with Crippen LogP contribution < -0.4 is 10.6 Å². The molecule has 1 saturated carbocycles. The number of rotatable bonds is 5. The second-order valence-corrected chi connectivity index (χ2v) is 4.73. The fourth-order valence-electron chi connectivity index (χ4n) is 1.97. The van der Waals surface area contributed by atoms with E-state index in [0.29, 0.717) is 12.2 Å². The molecule has 1 aliphatic rings. The average molecular weight is 263 g/mol. The van der Waals surface area contributed by atoms with Crippen molar-refractivity contribution in [3.63, 3.8) is 0 Å². The van der Waals surface area contributed by atoms with Crippen LogP contribution in [-0.4, -0.2) is 28.6 Å². The van der Waals surface area contributed by atoms with Gasteiger partial charge in [-0.05, 0) is 18.4 Å². The van der Waals surface area contributed by atoms with E-state index < -0.39 is 5.97 Å². The van der Waals surface area contributed by atoms with Crippen molar-refractivity contribution >= 4 is 17.7 Å². The van der Waals surface area contributed by atoms with Gasteiger partial charge in [-0.25, -0.2) is 9.59 Å². The van der Waals surface area contributed by atoms with Crippen LogP contribution in [-0.2, 0) is 0 Å². The summed E-state index contributed by atoms with van der Waals surface area (Å²) in [6, 6.07) is 1.05. The van der Waals surface area contributed by atoms with Crippen LogP contribution in [0.2, 0.25) is 0 Å². The predicted octanol–water partition coefficient (Wildman–Crippen LogP) is 2.09. The zero-order valence-corrected chi connectivity index (χ0v) is 10.6. The Labute approximate surface area is 111 Å². The molecule has 3 N–H and O–H groups in total. The van der Waals surface area contributed by atoms with Crippen molar-refractivity contribution < 1.29 is 14.7 Å². The van der Waals surface area contributed by atoms with Gasteiger partial charge in [-0.15, -0.1) is 0 Å². The molecule has 19 heavy (non-hydrogen) atoms. The monoisotopic (exact) mass is 263 g/mol. The normalized spacial score (nSPS) is 14.5. The van der Waals surface area contributed by atoms with Crippen molar-refractivity contribution in [2.75, 3.05) is 11.9 Å². The number of urea groups is 1. The largest absolute Gasteiger partial charge is 0.478 e. The molecule has 1 heterocycles. The van der Waals surface area contributed by atoms with E-state index >= 15 is 0 Å². The molecular formula is C13H17N3O3. The Hall–Kier alpha value is -2.11. The summed E-state index contributed by atoms with van der Waals surface area (Å²) in [4.78, 5) is 26.1. The quantitative estimate of drug-likeness (QED) is 0.758. The lowest BCUT2D eigenvalue weighted by Crippen LogP contribution is -2.31. The van der Waals surface area contributed by atoms with Crippen LogP contribution in [0.1, 0.15) is 36.0 Å². The standard InChI is InChI=1S/C13H17N3O3/c17-12(18)10-6-11(8-14-7-10)16-13(19)15-5-4-9-2-1-3-9/h6-9H,1-5H2,(H,17,18)(H2,15,16,19). The maximum absolute atomic E-state index is 11.6. The van der Waals surface area contributed by atoms with Gasteiger partial charge in [0.15, 0.2) is 0 Å². The van der Waals surface area contributed by atoms with Gasteiger partial charge in [0, 0.05) is 12.7 Å². The molecule has 0 saturated heterocycles. The molecule has 1 fully saturated rings. The molecule has 1 aromatic heterocycles. The number of carbonyl (C=O) groups excluding carboxylic acids is 1. The van der Waals surface area contributed by atoms with Crippen LogP contribution in [0.15, 0.2) is 18.5 Å². The lowest BCUT2D eigenvalue weighted by atomic mass is 9.83. The Morgan fingerprint density at radius 2 is 2.16 bits per heavy atom. The lowest BCUT2D eigenvalue weighted by Gasteiger charge is -2.25. The molecule has 102 valence electrons. The third-order valence-electron chi connectivity index (χ3n) is 3.31. The summed E-state index contributed by atoms with van der Waals surface area (Å²) >= 11 is 0. The zero-order chi connectivity index (χ0) is 13.7. The highest BCUT2D eigenvalue weighted by Gasteiger charge is 2.16. The van der Waals surface area contributed by atoms with Gasteiger partial charge in [0.1, 0.15) is 0 Å². The second kappa shape index (κ2) is 6.17. The first kappa shape index (κ1) is 13.3. The van der Waals surface area contributed by atoms with Gasteiger partial charge >= 0.3 is 12.0 Å². The van der Waals surface area contributed by atoms with Crippen LogP contribution in [0.5, 0.6) is 0 Å². The predicted molar refractivity (Wildman–Crippen MR) is 70.2 cm³/mol. The SMILES string of the molecule is O=C(NCCC1CCC1)Nc1cncc(C(=O)O)c1. The van der Waals surface area contributed by atoms with Crippen LogP contribution in [0, 0.1) is 5.92 Å². The average Bonchev–Trinajstić information content (AvgIpc) is 2.32. The molecule has 6 nitrogen and oxygen atoms in total. The molecule has 0 atom stereocenters. The fourth-order valence-corrected chi connectivity index (χ4v) is 1.97. The van der Waals surface area contributed by atoms with Gasteiger partial charge in [0.2, 0.25) is 0 Å². The van der Waals surface area contributed by atoms with E-state index in [-0.39, 0.29) is 11.6 Å². The summed E-state index contributed by atoms with van der Waals surface area (Å²) in [5.41, 5.74) is 0.424. The Kier molecular flexibility index (Phi) is 4.33. The summed E-state index contributed by atoms with van der Waals surface area (Å²) in [6.45, 7) is 0.641. The van der Waals surface area contributed by atoms with Crippen LogP contribution in [0.4, 0.5) is 10.5 Å². The molecule has 0 bridgehead atoms. The van der Waals surface area contributed by atoms with Gasteiger partial charge in [0.05, 0.1) is 17.4 Å². The third kappa shape index (κ3) is 3.94. The number of hydrogen-bond donors (Lipinski definition) is 3. The molecular weight excluding hydrogens is 246 g/mol. The number of anilines is 1. The molecule has 2 rings (SSSR count). The van der Waals surface area contributed by atoms with Gasteiger partial charge in [-0.1, -0.05) is 19.3 Å². The van der Waals surface area contributed by atoms with Crippen molar-refractivity contribution in [1.29, 1.82) is 0 Å². The minimum atomic E-state index is -1.07. The van der Waals surface area contributed by atoms with Crippen molar-refractivity contribution in [3.05, 3.63) is 24.0 Å². The zero-order valence-electron chi connectivity index (χ0n) is 10.6. The van der Waals surface area contributed by atoms with E-state index in [4.69, 9.17) is 5.11 Å². The number of carboxylic acid groups (broad SMARTS) is 1. The van der Waals surface area contributed by atoms with Gasteiger partial charge < -0.3 is 15.7 Å². The van der Waals surface area contributed by atoms with Crippen molar-refractivity contribution in [3.8, 4) is 0 Å². The highest BCUT2D eigenvalue weighted by Crippen LogP contribution is 2.28. The molecule has 1 aliphatic carbocycles. The summed E-state index contributed by atoms with van der Waals surface area (Å²) < 4.78 is 0.